The molecule has 0 atom stereocenters. The maximum Gasteiger partial charge on any atom is 0.0328 e. The first-order chi connectivity index (χ1) is 7.74. The van der Waals surface area contributed by atoms with Crippen LogP contribution in [0.15, 0.2) is 22.7 Å². The molecular formula is C13H18BrNS. The van der Waals surface area contributed by atoms with E-state index in [0.717, 1.165) is 21.2 Å². The van der Waals surface area contributed by atoms with Crippen LogP contribution in [0.2, 0.25) is 0 Å². The van der Waals surface area contributed by atoms with Crippen molar-refractivity contribution in [2.24, 2.45) is 0 Å². The lowest BCUT2D eigenvalue weighted by Gasteiger charge is -2.21. The Morgan fingerprint density at radius 1 is 1.19 bits per heavy atom. The molecule has 1 aromatic rings. The molecule has 0 unspecified atom stereocenters. The highest BCUT2D eigenvalue weighted by Crippen LogP contribution is 2.31. The molecule has 1 saturated carbocycles. The van der Waals surface area contributed by atoms with Crippen molar-refractivity contribution in [1.29, 1.82) is 0 Å². The van der Waals surface area contributed by atoms with Gasteiger partial charge in [0.05, 0.1) is 0 Å². The third kappa shape index (κ3) is 3.70. The molecule has 2 N–H and O–H groups in total. The highest BCUT2D eigenvalue weighted by Gasteiger charge is 2.13. The smallest absolute Gasteiger partial charge is 0.0328 e. The van der Waals surface area contributed by atoms with Crippen molar-refractivity contribution in [2.45, 2.75) is 43.1 Å². The van der Waals surface area contributed by atoms with Gasteiger partial charge in [-0.25, -0.2) is 0 Å². The van der Waals surface area contributed by atoms with Gasteiger partial charge in [-0.1, -0.05) is 35.2 Å². The van der Waals surface area contributed by atoms with Crippen LogP contribution >= 0.6 is 27.7 Å². The summed E-state index contributed by atoms with van der Waals surface area (Å²) in [5.41, 5.74) is 8.02. The molecular weight excluding hydrogens is 282 g/mol. The van der Waals surface area contributed by atoms with E-state index in [1.54, 1.807) is 0 Å². The van der Waals surface area contributed by atoms with E-state index in [9.17, 15) is 0 Å². The van der Waals surface area contributed by atoms with Crippen molar-refractivity contribution in [3.05, 3.63) is 28.2 Å². The largest absolute Gasteiger partial charge is 0.399 e. The lowest BCUT2D eigenvalue weighted by Crippen LogP contribution is -2.08. The number of anilines is 1. The zero-order valence-corrected chi connectivity index (χ0v) is 11.8. The molecule has 0 radical (unpaired) electrons. The Morgan fingerprint density at radius 2 is 1.94 bits per heavy atom. The monoisotopic (exact) mass is 299 g/mol. The van der Waals surface area contributed by atoms with Gasteiger partial charge in [0.15, 0.2) is 0 Å². The van der Waals surface area contributed by atoms with Crippen molar-refractivity contribution in [1.82, 2.24) is 0 Å². The Morgan fingerprint density at radius 3 is 2.62 bits per heavy atom. The third-order valence-electron chi connectivity index (χ3n) is 3.02. The van der Waals surface area contributed by atoms with Gasteiger partial charge in [0, 0.05) is 21.2 Å². The summed E-state index contributed by atoms with van der Waals surface area (Å²) < 4.78 is 1.09. The minimum absolute atomic E-state index is 0.855. The fraction of sp³-hybridized carbons (Fsp3) is 0.538. The molecule has 1 aliphatic carbocycles. The lowest BCUT2D eigenvalue weighted by atomic mass is 10.0. The van der Waals surface area contributed by atoms with Crippen LogP contribution in [0.25, 0.3) is 0 Å². The summed E-state index contributed by atoms with van der Waals surface area (Å²) >= 11 is 5.58. The zero-order chi connectivity index (χ0) is 11.4. The van der Waals surface area contributed by atoms with Crippen LogP contribution in [0.3, 0.4) is 0 Å². The predicted molar refractivity (Wildman–Crippen MR) is 76.7 cm³/mol. The van der Waals surface area contributed by atoms with Gasteiger partial charge in [-0.15, -0.1) is 0 Å². The van der Waals surface area contributed by atoms with E-state index < -0.39 is 0 Å². The number of benzene rings is 1. The predicted octanol–water partition coefficient (Wildman–Crippen LogP) is 4.60. The van der Waals surface area contributed by atoms with Crippen LogP contribution in [0, 0.1) is 0 Å². The van der Waals surface area contributed by atoms with Crippen molar-refractivity contribution in [3.8, 4) is 0 Å². The number of halogens is 1. The second-order valence-electron chi connectivity index (χ2n) is 4.46. The van der Waals surface area contributed by atoms with E-state index in [0.29, 0.717) is 0 Å². The molecule has 0 saturated heterocycles. The molecule has 0 heterocycles. The molecule has 0 bridgehead atoms. The van der Waals surface area contributed by atoms with Gasteiger partial charge in [0.25, 0.3) is 0 Å². The van der Waals surface area contributed by atoms with Gasteiger partial charge in [-0.2, -0.15) is 11.8 Å². The summed E-state index contributed by atoms with van der Waals surface area (Å²) in [6, 6.07) is 6.21. The molecule has 1 nitrogen and oxygen atoms in total. The van der Waals surface area contributed by atoms with Crippen LogP contribution in [-0.4, -0.2) is 5.25 Å². The Kier molecular flexibility index (Phi) is 4.59. The number of nitrogens with two attached hydrogens (primary N) is 1. The first kappa shape index (κ1) is 12.3. The number of thioether (sulfide) groups is 1. The first-order valence-corrected chi connectivity index (χ1v) is 7.75. The van der Waals surface area contributed by atoms with E-state index in [-0.39, 0.29) is 0 Å². The standard InChI is InChI=1S/C13H18BrNS/c14-11-6-10(7-12(15)8-11)9-16-13-4-2-1-3-5-13/h6-8,13H,1-5,9,15H2. The number of nitrogen functional groups attached to an aromatic ring is 1. The van der Waals surface area contributed by atoms with E-state index >= 15 is 0 Å². The molecule has 88 valence electrons. The number of hydrogen-bond acceptors (Lipinski definition) is 2. The van der Waals surface area contributed by atoms with Gasteiger partial charge in [-0.3, -0.25) is 0 Å². The summed E-state index contributed by atoms with van der Waals surface area (Å²) in [6.45, 7) is 0. The average molecular weight is 300 g/mol. The molecule has 2 rings (SSSR count). The molecule has 1 aromatic carbocycles. The third-order valence-corrected chi connectivity index (χ3v) is 4.92. The second kappa shape index (κ2) is 5.97. The zero-order valence-electron chi connectivity index (χ0n) is 9.42. The topological polar surface area (TPSA) is 26.0 Å². The summed E-state index contributed by atoms with van der Waals surface area (Å²) in [5, 5.41) is 0.869. The van der Waals surface area contributed by atoms with Gasteiger partial charge in [0.1, 0.15) is 0 Å². The minimum Gasteiger partial charge on any atom is -0.399 e. The fourth-order valence-electron chi connectivity index (χ4n) is 2.20. The number of rotatable bonds is 3. The van der Waals surface area contributed by atoms with Crippen LogP contribution in [0.4, 0.5) is 5.69 Å². The highest BCUT2D eigenvalue weighted by molar-refractivity contribution is 9.10. The highest BCUT2D eigenvalue weighted by atomic mass is 79.9. The molecule has 0 aromatic heterocycles. The van der Waals surface area contributed by atoms with Crippen molar-refractivity contribution < 1.29 is 0 Å². The maximum absolute atomic E-state index is 5.83. The average Bonchev–Trinajstić information content (AvgIpc) is 2.27. The SMILES string of the molecule is Nc1cc(Br)cc(CSC2CCCCC2)c1. The van der Waals surface area contributed by atoms with Crippen molar-refractivity contribution in [3.63, 3.8) is 0 Å². The van der Waals surface area contributed by atoms with Gasteiger partial charge >= 0.3 is 0 Å². The second-order valence-corrected chi connectivity index (χ2v) is 6.67. The van der Waals surface area contributed by atoms with Gasteiger partial charge in [-0.05, 0) is 36.6 Å². The molecule has 0 spiro atoms. The summed E-state index contributed by atoms with van der Waals surface area (Å²) in [7, 11) is 0. The Hall–Kier alpha value is -0.150. The number of hydrogen-bond donors (Lipinski definition) is 1. The summed E-state index contributed by atoms with van der Waals surface area (Å²) in [5.74, 6) is 1.09. The quantitative estimate of drug-likeness (QED) is 0.826. The van der Waals surface area contributed by atoms with Gasteiger partial charge < -0.3 is 5.73 Å². The van der Waals surface area contributed by atoms with E-state index in [1.807, 2.05) is 6.07 Å². The van der Waals surface area contributed by atoms with E-state index in [2.05, 4.69) is 39.8 Å². The van der Waals surface area contributed by atoms with Crippen LogP contribution in [0.1, 0.15) is 37.7 Å². The van der Waals surface area contributed by atoms with Gasteiger partial charge in [0.2, 0.25) is 0 Å². The molecule has 16 heavy (non-hydrogen) atoms. The van der Waals surface area contributed by atoms with E-state index in [4.69, 9.17) is 5.73 Å². The summed E-state index contributed by atoms with van der Waals surface area (Å²) in [4.78, 5) is 0. The Labute approximate surface area is 110 Å². The van der Waals surface area contributed by atoms with Crippen LogP contribution in [-0.2, 0) is 5.75 Å². The minimum atomic E-state index is 0.855. The Bertz CT molecular complexity index is 328. The normalized spacial score (nSPS) is 17.6. The fourth-order valence-corrected chi connectivity index (χ4v) is 4.02. The molecule has 0 amide bonds. The molecule has 0 aliphatic heterocycles. The molecule has 3 heteroatoms. The summed E-state index contributed by atoms with van der Waals surface area (Å²) in [6.07, 6.45) is 7.06. The maximum atomic E-state index is 5.83. The molecule has 1 aliphatic rings. The van der Waals surface area contributed by atoms with Crippen molar-refractivity contribution >= 4 is 33.4 Å². The van der Waals surface area contributed by atoms with Crippen LogP contribution < -0.4 is 5.73 Å². The first-order valence-electron chi connectivity index (χ1n) is 5.90. The molecule has 1 fully saturated rings. The Balaban J connectivity index is 1.88. The lowest BCUT2D eigenvalue weighted by molar-refractivity contribution is 0.516. The van der Waals surface area contributed by atoms with E-state index in [1.165, 1.54) is 37.7 Å². The van der Waals surface area contributed by atoms with Crippen LogP contribution in [0.5, 0.6) is 0 Å². The van der Waals surface area contributed by atoms with Crippen molar-refractivity contribution in [2.75, 3.05) is 5.73 Å².